The van der Waals surface area contributed by atoms with Crippen LogP contribution < -0.4 is 0 Å². The van der Waals surface area contributed by atoms with Crippen LogP contribution >= 0.6 is 23.2 Å². The summed E-state index contributed by atoms with van der Waals surface area (Å²) in [5.41, 5.74) is 0.768. The lowest BCUT2D eigenvalue weighted by Crippen LogP contribution is -2.04. The zero-order valence-electron chi connectivity index (χ0n) is 9.30. The first-order valence-corrected chi connectivity index (χ1v) is 5.72. The average molecular weight is 287 g/mol. The summed E-state index contributed by atoms with van der Waals surface area (Å²) in [4.78, 5) is 13.7. The van der Waals surface area contributed by atoms with Crippen molar-refractivity contribution in [1.29, 1.82) is 0 Å². The van der Waals surface area contributed by atoms with Gasteiger partial charge in [0.1, 0.15) is 0 Å². The molecule has 0 aliphatic heterocycles. The molecule has 6 nitrogen and oxygen atoms in total. The first kappa shape index (κ1) is 12.8. The highest BCUT2D eigenvalue weighted by Gasteiger charge is 2.18. The predicted molar refractivity (Wildman–Crippen MR) is 67.0 cm³/mol. The average Bonchev–Trinajstić information content (AvgIpc) is 2.64. The zero-order chi connectivity index (χ0) is 13.3. The fourth-order valence-electron chi connectivity index (χ4n) is 1.44. The SMILES string of the molecule is Cc1nc([N+](=O)[O-])nn1Cc1ccc(Cl)cc1Cl. The molecule has 94 valence electrons. The predicted octanol–water partition coefficient (Wildman–Crippen LogP) is 2.85. The largest absolute Gasteiger partial charge is 0.491 e. The highest BCUT2D eigenvalue weighted by atomic mass is 35.5. The standard InChI is InChI=1S/C10H8Cl2N4O2/c1-6-13-10(16(17)18)14-15(6)5-7-2-3-8(11)4-9(7)12/h2-4H,5H2,1H3. The van der Waals surface area contributed by atoms with Crippen molar-refractivity contribution in [3.63, 3.8) is 0 Å². The molecule has 2 rings (SSSR count). The molecule has 0 atom stereocenters. The summed E-state index contributed by atoms with van der Waals surface area (Å²) in [6.45, 7) is 1.95. The molecule has 0 saturated heterocycles. The van der Waals surface area contributed by atoms with E-state index in [-0.39, 0.29) is 0 Å². The van der Waals surface area contributed by atoms with E-state index in [1.165, 1.54) is 4.68 Å². The maximum absolute atomic E-state index is 10.6. The van der Waals surface area contributed by atoms with E-state index in [1.807, 2.05) is 0 Å². The van der Waals surface area contributed by atoms with Gasteiger partial charge < -0.3 is 10.1 Å². The molecule has 0 saturated carbocycles. The lowest BCUT2D eigenvalue weighted by molar-refractivity contribution is -0.394. The quantitative estimate of drug-likeness (QED) is 0.642. The number of benzene rings is 1. The van der Waals surface area contributed by atoms with E-state index in [9.17, 15) is 10.1 Å². The molecule has 18 heavy (non-hydrogen) atoms. The fraction of sp³-hybridized carbons (Fsp3) is 0.200. The number of hydrogen-bond acceptors (Lipinski definition) is 4. The van der Waals surface area contributed by atoms with Crippen LogP contribution in [0.25, 0.3) is 0 Å². The Hall–Kier alpha value is -1.66. The van der Waals surface area contributed by atoms with Gasteiger partial charge in [0.2, 0.25) is 5.82 Å². The summed E-state index contributed by atoms with van der Waals surface area (Å²) in [5.74, 6) is 0.0327. The molecule has 8 heteroatoms. The van der Waals surface area contributed by atoms with Crippen molar-refractivity contribution in [2.75, 3.05) is 0 Å². The van der Waals surface area contributed by atoms with E-state index in [4.69, 9.17) is 23.2 Å². The molecule has 0 aliphatic rings. The molecule has 0 aliphatic carbocycles. The maximum Gasteiger partial charge on any atom is 0.491 e. The van der Waals surface area contributed by atoms with E-state index in [0.717, 1.165) is 5.56 Å². The molecule has 0 N–H and O–H groups in total. The minimum Gasteiger partial charge on any atom is -0.390 e. The Morgan fingerprint density at radius 2 is 2.17 bits per heavy atom. The number of halogens is 2. The van der Waals surface area contributed by atoms with Crippen molar-refractivity contribution in [3.05, 3.63) is 49.7 Å². The summed E-state index contributed by atoms with van der Waals surface area (Å²) in [6, 6.07) is 5.06. The lowest BCUT2D eigenvalue weighted by atomic mass is 10.2. The Bertz CT molecular complexity index is 612. The van der Waals surface area contributed by atoms with Crippen LogP contribution in [0.5, 0.6) is 0 Å². The third kappa shape index (κ3) is 2.60. The second-order valence-electron chi connectivity index (χ2n) is 3.61. The van der Waals surface area contributed by atoms with Gasteiger partial charge in [0.25, 0.3) is 0 Å². The minimum absolute atomic E-state index is 0.308. The second-order valence-corrected chi connectivity index (χ2v) is 4.45. The molecular formula is C10H8Cl2N4O2. The zero-order valence-corrected chi connectivity index (χ0v) is 10.8. The van der Waals surface area contributed by atoms with Crippen LogP contribution in [0.2, 0.25) is 10.0 Å². The summed E-state index contributed by atoms with van der Waals surface area (Å²) in [7, 11) is 0. The number of aromatic nitrogens is 3. The Balaban J connectivity index is 2.31. The number of nitrogens with zero attached hydrogens (tertiary/aromatic N) is 4. The van der Waals surface area contributed by atoms with Gasteiger partial charge in [-0.2, -0.15) is 4.68 Å². The molecule has 2 aromatic rings. The Morgan fingerprint density at radius 3 is 2.72 bits per heavy atom. The Morgan fingerprint density at radius 1 is 1.44 bits per heavy atom. The molecule has 0 fully saturated rings. The Kier molecular flexibility index (Phi) is 3.49. The molecule has 1 aromatic carbocycles. The smallest absolute Gasteiger partial charge is 0.390 e. The highest BCUT2D eigenvalue weighted by molar-refractivity contribution is 6.35. The molecule has 1 heterocycles. The number of aryl methyl sites for hydroxylation is 1. The van der Waals surface area contributed by atoms with E-state index in [0.29, 0.717) is 22.4 Å². The van der Waals surface area contributed by atoms with E-state index >= 15 is 0 Å². The van der Waals surface area contributed by atoms with Gasteiger partial charge in [0, 0.05) is 22.1 Å². The van der Waals surface area contributed by atoms with Crippen LogP contribution in [-0.4, -0.2) is 19.7 Å². The van der Waals surface area contributed by atoms with Gasteiger partial charge in [-0.15, -0.1) is 0 Å². The van der Waals surface area contributed by atoms with E-state index in [1.54, 1.807) is 25.1 Å². The highest BCUT2D eigenvalue weighted by Crippen LogP contribution is 2.22. The maximum atomic E-state index is 10.6. The van der Waals surface area contributed by atoms with Gasteiger partial charge in [-0.3, -0.25) is 0 Å². The molecule has 0 amide bonds. The van der Waals surface area contributed by atoms with Crippen LogP contribution in [-0.2, 0) is 6.54 Å². The topological polar surface area (TPSA) is 73.8 Å². The van der Waals surface area contributed by atoms with Gasteiger partial charge in [0.15, 0.2) is 0 Å². The van der Waals surface area contributed by atoms with Gasteiger partial charge >= 0.3 is 5.95 Å². The fourth-order valence-corrected chi connectivity index (χ4v) is 1.91. The van der Waals surface area contributed by atoms with Crippen LogP contribution in [0, 0.1) is 17.0 Å². The van der Waals surface area contributed by atoms with Crippen molar-refractivity contribution in [3.8, 4) is 0 Å². The summed E-state index contributed by atoms with van der Waals surface area (Å²) in [5, 5.41) is 15.4. The Labute approximate surface area is 112 Å². The summed E-state index contributed by atoms with van der Waals surface area (Å²) < 4.78 is 1.42. The van der Waals surface area contributed by atoms with Crippen LogP contribution in [0.15, 0.2) is 18.2 Å². The van der Waals surface area contributed by atoms with Crippen LogP contribution in [0.3, 0.4) is 0 Å². The van der Waals surface area contributed by atoms with Crippen molar-refractivity contribution in [2.45, 2.75) is 13.5 Å². The summed E-state index contributed by atoms with van der Waals surface area (Å²) in [6.07, 6.45) is 0. The van der Waals surface area contributed by atoms with Gasteiger partial charge in [-0.05, 0) is 27.6 Å². The van der Waals surface area contributed by atoms with Crippen molar-refractivity contribution in [2.24, 2.45) is 0 Å². The lowest BCUT2D eigenvalue weighted by Gasteiger charge is -2.03. The number of rotatable bonds is 3. The van der Waals surface area contributed by atoms with Crippen molar-refractivity contribution >= 4 is 29.2 Å². The van der Waals surface area contributed by atoms with E-state index < -0.39 is 10.9 Å². The first-order valence-electron chi connectivity index (χ1n) is 4.97. The van der Waals surface area contributed by atoms with Gasteiger partial charge in [-0.25, -0.2) is 0 Å². The molecule has 0 bridgehead atoms. The minimum atomic E-state index is -0.632. The molecule has 0 unspecified atom stereocenters. The van der Waals surface area contributed by atoms with Crippen molar-refractivity contribution in [1.82, 2.24) is 14.8 Å². The third-order valence-electron chi connectivity index (χ3n) is 2.34. The first-order chi connectivity index (χ1) is 8.47. The van der Waals surface area contributed by atoms with Crippen molar-refractivity contribution < 1.29 is 4.92 Å². The summed E-state index contributed by atoms with van der Waals surface area (Å²) >= 11 is 11.8. The van der Waals surface area contributed by atoms with Crippen LogP contribution in [0.4, 0.5) is 5.95 Å². The van der Waals surface area contributed by atoms with Crippen LogP contribution in [0.1, 0.15) is 11.4 Å². The number of hydrogen-bond donors (Lipinski definition) is 0. The van der Waals surface area contributed by atoms with E-state index in [2.05, 4.69) is 10.1 Å². The van der Waals surface area contributed by atoms with Gasteiger partial charge in [-0.1, -0.05) is 29.3 Å². The molecular weight excluding hydrogens is 279 g/mol. The monoisotopic (exact) mass is 286 g/mol. The third-order valence-corrected chi connectivity index (χ3v) is 2.93. The number of nitro groups is 1. The van der Waals surface area contributed by atoms with Gasteiger partial charge in [0.05, 0.1) is 6.54 Å². The normalized spacial score (nSPS) is 10.6. The molecule has 0 radical (unpaired) electrons. The molecule has 0 spiro atoms. The second kappa shape index (κ2) is 4.91. The molecule has 1 aromatic heterocycles.